The molecule has 0 unspecified atom stereocenters. The second-order valence-electron chi connectivity index (χ2n) is 4.91. The molecule has 0 saturated heterocycles. The number of aromatic amines is 1. The van der Waals surface area contributed by atoms with Crippen LogP contribution < -0.4 is 20.8 Å². The van der Waals surface area contributed by atoms with Crippen LogP contribution in [0.3, 0.4) is 0 Å². The van der Waals surface area contributed by atoms with Crippen LogP contribution >= 0.6 is 0 Å². The molecule has 1 aromatic carbocycles. The lowest BCUT2D eigenvalue weighted by atomic mass is 9.96. The lowest BCUT2D eigenvalue weighted by Crippen LogP contribution is -2.16. The van der Waals surface area contributed by atoms with Crippen molar-refractivity contribution in [1.82, 2.24) is 4.98 Å². The molecule has 0 aliphatic carbocycles. The summed E-state index contributed by atoms with van der Waals surface area (Å²) < 4.78 is 10.4. The maximum absolute atomic E-state index is 12.0. The first-order chi connectivity index (χ1) is 12.0. The molecule has 0 atom stereocenters. The zero-order valence-electron chi connectivity index (χ0n) is 13.5. The number of nitrogens with one attached hydrogen (secondary N) is 1. The molecule has 3 N–H and O–H groups in total. The lowest BCUT2D eigenvalue weighted by Gasteiger charge is -2.13. The predicted molar refractivity (Wildman–Crippen MR) is 88.8 cm³/mol. The second-order valence-corrected chi connectivity index (χ2v) is 4.91. The van der Waals surface area contributed by atoms with Gasteiger partial charge in [-0.3, -0.25) is 9.59 Å². The summed E-state index contributed by atoms with van der Waals surface area (Å²) in [4.78, 5) is 25.7. The highest BCUT2D eigenvalue weighted by Gasteiger charge is 2.20. The fourth-order valence-electron chi connectivity index (χ4n) is 2.23. The van der Waals surface area contributed by atoms with Crippen LogP contribution in [-0.4, -0.2) is 18.1 Å². The molecule has 0 amide bonds. The molecule has 0 aliphatic rings. The van der Waals surface area contributed by atoms with Crippen LogP contribution in [-0.2, 0) is 4.79 Å². The number of hydrogen-bond donors (Lipinski definition) is 2. The number of aromatic nitrogens is 1. The third-order valence-corrected chi connectivity index (χ3v) is 3.43. The van der Waals surface area contributed by atoms with Crippen LogP contribution in [0.4, 0.5) is 5.82 Å². The summed E-state index contributed by atoms with van der Waals surface area (Å²) in [6.07, 6.45) is 0.187. The van der Waals surface area contributed by atoms with Crippen LogP contribution in [0, 0.1) is 22.7 Å². The molecule has 25 heavy (non-hydrogen) atoms. The van der Waals surface area contributed by atoms with Crippen LogP contribution in [0.15, 0.2) is 23.0 Å². The van der Waals surface area contributed by atoms with Gasteiger partial charge < -0.3 is 20.2 Å². The van der Waals surface area contributed by atoms with Crippen LogP contribution in [0.5, 0.6) is 11.5 Å². The van der Waals surface area contributed by atoms with E-state index in [1.54, 1.807) is 13.0 Å². The van der Waals surface area contributed by atoms with E-state index in [9.17, 15) is 20.1 Å². The molecule has 2 aromatic rings. The van der Waals surface area contributed by atoms with Crippen molar-refractivity contribution >= 4 is 11.8 Å². The molecule has 8 heteroatoms. The molecule has 1 aromatic heterocycles. The summed E-state index contributed by atoms with van der Waals surface area (Å²) in [5.74, 6) is -0.178. The van der Waals surface area contributed by atoms with Gasteiger partial charge in [-0.15, -0.1) is 0 Å². The van der Waals surface area contributed by atoms with Crippen molar-refractivity contribution in [3.05, 3.63) is 39.7 Å². The maximum Gasteiger partial charge on any atom is 0.311 e. The Balaban J connectivity index is 2.72. The third-order valence-electron chi connectivity index (χ3n) is 3.43. The van der Waals surface area contributed by atoms with Gasteiger partial charge in [-0.25, -0.2) is 0 Å². The number of nitrogen functional groups attached to an aromatic ring is 1. The zero-order chi connectivity index (χ0) is 18.6. The summed E-state index contributed by atoms with van der Waals surface area (Å²) in [6, 6.07) is 8.10. The van der Waals surface area contributed by atoms with E-state index in [2.05, 4.69) is 4.98 Å². The van der Waals surface area contributed by atoms with Crippen molar-refractivity contribution in [3.8, 4) is 34.8 Å². The molecule has 126 valence electrons. The topological polar surface area (TPSA) is 142 Å². The van der Waals surface area contributed by atoms with Gasteiger partial charge in [0, 0.05) is 12.0 Å². The van der Waals surface area contributed by atoms with Gasteiger partial charge in [0.25, 0.3) is 5.56 Å². The Morgan fingerprint density at radius 1 is 1.24 bits per heavy atom. The average Bonchev–Trinajstić information content (AvgIpc) is 2.61. The maximum atomic E-state index is 12.0. The number of carbonyl (C=O) groups excluding carboxylic acids is 1. The molecule has 0 fully saturated rings. The number of nitriles is 2. The van der Waals surface area contributed by atoms with E-state index in [1.807, 2.05) is 6.07 Å². The molecule has 0 bridgehead atoms. The molecule has 0 aliphatic heterocycles. The number of nitrogens with two attached hydrogens (primary N) is 1. The number of pyridine rings is 1. The number of esters is 1. The van der Waals surface area contributed by atoms with Crippen molar-refractivity contribution in [2.75, 3.05) is 12.8 Å². The minimum absolute atomic E-state index is 0.0310. The van der Waals surface area contributed by atoms with Gasteiger partial charge in [0.1, 0.15) is 29.1 Å². The third kappa shape index (κ3) is 3.28. The number of nitrogens with zero attached hydrogens (tertiary/aromatic N) is 2. The van der Waals surface area contributed by atoms with E-state index in [4.69, 9.17) is 15.2 Å². The second kappa shape index (κ2) is 7.20. The monoisotopic (exact) mass is 338 g/mol. The number of ether oxygens (including phenoxy) is 2. The summed E-state index contributed by atoms with van der Waals surface area (Å²) >= 11 is 0. The van der Waals surface area contributed by atoms with Gasteiger partial charge in [-0.05, 0) is 17.7 Å². The molecule has 8 nitrogen and oxygen atoms in total. The molecule has 1 heterocycles. The number of methoxy groups -OCH3 is 1. The number of hydrogen-bond acceptors (Lipinski definition) is 7. The largest absolute Gasteiger partial charge is 0.493 e. The van der Waals surface area contributed by atoms with Crippen molar-refractivity contribution < 1.29 is 14.3 Å². The first-order valence-corrected chi connectivity index (χ1v) is 7.21. The van der Waals surface area contributed by atoms with Crippen LogP contribution in [0.2, 0.25) is 0 Å². The highest BCUT2D eigenvalue weighted by atomic mass is 16.6. The fraction of sp³-hybridized carbons (Fsp3) is 0.176. The fourth-order valence-corrected chi connectivity index (χ4v) is 2.23. The van der Waals surface area contributed by atoms with Gasteiger partial charge in [-0.1, -0.05) is 13.0 Å². The van der Waals surface area contributed by atoms with E-state index in [-0.39, 0.29) is 40.4 Å². The van der Waals surface area contributed by atoms with Gasteiger partial charge in [0.05, 0.1) is 7.11 Å². The SMILES string of the molecule is CCC(=O)Oc1ccc(-c2c(C#N)c(N)[nH]c(=O)c2C#N)cc1OC. The minimum Gasteiger partial charge on any atom is -0.493 e. The number of carbonyl (C=O) groups is 1. The highest BCUT2D eigenvalue weighted by molar-refractivity contribution is 5.82. The Labute approximate surface area is 143 Å². The molecule has 2 rings (SSSR count). The Morgan fingerprint density at radius 3 is 2.48 bits per heavy atom. The number of anilines is 1. The molecule has 0 spiro atoms. The first-order valence-electron chi connectivity index (χ1n) is 7.21. The van der Waals surface area contributed by atoms with Gasteiger partial charge in [0.15, 0.2) is 11.5 Å². The summed E-state index contributed by atoms with van der Waals surface area (Å²) in [5, 5.41) is 18.6. The molecule has 0 radical (unpaired) electrons. The molecule has 0 saturated carbocycles. The molecular weight excluding hydrogens is 324 g/mol. The van der Waals surface area contributed by atoms with E-state index >= 15 is 0 Å². The number of H-pyrrole nitrogens is 1. The Hall–Kier alpha value is -3.78. The smallest absolute Gasteiger partial charge is 0.311 e. The number of rotatable bonds is 4. The van der Waals surface area contributed by atoms with Crippen molar-refractivity contribution in [1.29, 1.82) is 10.5 Å². The number of benzene rings is 1. The van der Waals surface area contributed by atoms with Gasteiger partial charge in [0.2, 0.25) is 0 Å². The van der Waals surface area contributed by atoms with E-state index in [0.717, 1.165) is 0 Å². The molecular formula is C17H14N4O4. The van der Waals surface area contributed by atoms with Gasteiger partial charge in [-0.2, -0.15) is 10.5 Å². The Bertz CT molecular complexity index is 980. The van der Waals surface area contributed by atoms with E-state index in [0.29, 0.717) is 5.56 Å². The predicted octanol–water partition coefficient (Wildman–Crippen LogP) is 1.69. The van der Waals surface area contributed by atoms with Crippen LogP contribution in [0.25, 0.3) is 11.1 Å². The summed E-state index contributed by atoms with van der Waals surface area (Å²) in [6.45, 7) is 1.65. The van der Waals surface area contributed by atoms with E-state index in [1.165, 1.54) is 25.3 Å². The van der Waals surface area contributed by atoms with Crippen LogP contribution in [0.1, 0.15) is 24.5 Å². The summed E-state index contributed by atoms with van der Waals surface area (Å²) in [5.41, 5.74) is 5.17. The highest BCUT2D eigenvalue weighted by Crippen LogP contribution is 2.35. The van der Waals surface area contributed by atoms with Crippen molar-refractivity contribution in [3.63, 3.8) is 0 Å². The van der Waals surface area contributed by atoms with Crippen molar-refractivity contribution in [2.45, 2.75) is 13.3 Å². The quantitative estimate of drug-likeness (QED) is 0.638. The Morgan fingerprint density at radius 2 is 1.92 bits per heavy atom. The minimum atomic E-state index is -0.700. The average molecular weight is 338 g/mol. The van der Waals surface area contributed by atoms with Crippen molar-refractivity contribution in [2.24, 2.45) is 0 Å². The Kier molecular flexibility index (Phi) is 5.06. The lowest BCUT2D eigenvalue weighted by molar-refractivity contribution is -0.134. The standard InChI is InChI=1S/C17H14N4O4/c1-3-14(22)25-12-5-4-9(6-13(12)24-2)15-10(7-18)16(20)21-17(23)11(15)8-19/h4-6H,3H2,1-2H3,(H3,20,21,23). The van der Waals surface area contributed by atoms with E-state index < -0.39 is 11.5 Å². The van der Waals surface area contributed by atoms with Gasteiger partial charge >= 0.3 is 5.97 Å². The summed E-state index contributed by atoms with van der Waals surface area (Å²) in [7, 11) is 1.38. The first kappa shape index (κ1) is 17.6. The normalized spacial score (nSPS) is 9.76. The zero-order valence-corrected chi connectivity index (χ0v) is 13.5.